The summed E-state index contributed by atoms with van der Waals surface area (Å²) in [5.41, 5.74) is 0.172. The van der Waals surface area contributed by atoms with E-state index in [1.165, 1.54) is 16.2 Å². The first kappa shape index (κ1) is 22.1. The number of nitro benzene ring substituents is 2. The molecule has 1 amide bonds. The predicted molar refractivity (Wildman–Crippen MR) is 120 cm³/mol. The van der Waals surface area contributed by atoms with Gasteiger partial charge in [0.05, 0.1) is 44.3 Å². The van der Waals surface area contributed by atoms with Crippen molar-refractivity contribution in [3.05, 3.63) is 66.7 Å². The zero-order valence-corrected chi connectivity index (χ0v) is 18.4. The minimum Gasteiger partial charge on any atom is -0.376 e. The number of anilines is 1. The molecule has 1 aliphatic heterocycles. The number of ether oxygens (including phenoxy) is 1. The van der Waals surface area contributed by atoms with E-state index < -0.39 is 27.1 Å². The molecule has 2 aromatic carbocycles. The van der Waals surface area contributed by atoms with Crippen molar-refractivity contribution < 1.29 is 19.4 Å². The summed E-state index contributed by atoms with van der Waals surface area (Å²) in [6.45, 7) is 2.57. The smallest absolute Gasteiger partial charge is 0.277 e. The number of benzene rings is 2. The Kier molecular flexibility index (Phi) is 6.04. The topological polar surface area (TPSA) is 129 Å². The lowest BCUT2D eigenvalue weighted by molar-refractivity contribution is -0.394. The van der Waals surface area contributed by atoms with Gasteiger partial charge in [0.2, 0.25) is 0 Å². The molecule has 1 saturated heterocycles. The summed E-state index contributed by atoms with van der Waals surface area (Å²) in [5, 5.41) is 23.4. The Bertz CT molecular complexity index is 1210. The van der Waals surface area contributed by atoms with Crippen LogP contribution in [0.2, 0.25) is 5.02 Å². The van der Waals surface area contributed by atoms with E-state index in [0.717, 1.165) is 41.3 Å². The molecule has 0 aliphatic carbocycles. The largest absolute Gasteiger partial charge is 0.376 e. The Balaban J connectivity index is 1.80. The van der Waals surface area contributed by atoms with Gasteiger partial charge in [-0.25, -0.2) is 4.98 Å². The number of non-ortho nitro benzene ring substituents is 2. The number of hydrogen-bond donors (Lipinski definition) is 0. The van der Waals surface area contributed by atoms with Crippen molar-refractivity contribution in [1.82, 2.24) is 4.98 Å². The number of hydrogen-bond acceptors (Lipinski definition) is 8. The molecule has 2 heterocycles. The van der Waals surface area contributed by atoms with E-state index >= 15 is 0 Å². The number of amides is 1. The molecule has 1 atom stereocenters. The number of halogens is 1. The minimum atomic E-state index is -0.767. The van der Waals surface area contributed by atoms with Crippen molar-refractivity contribution in [2.45, 2.75) is 25.9 Å². The lowest BCUT2D eigenvalue weighted by Gasteiger charge is -2.23. The lowest BCUT2D eigenvalue weighted by Crippen LogP contribution is -2.37. The molecule has 0 bridgehead atoms. The quantitative estimate of drug-likeness (QED) is 0.365. The molecule has 0 radical (unpaired) electrons. The molecule has 166 valence electrons. The fraction of sp³-hybridized carbons (Fsp3) is 0.300. The first-order valence-electron chi connectivity index (χ1n) is 9.67. The van der Waals surface area contributed by atoms with Gasteiger partial charge in [0.25, 0.3) is 17.3 Å². The molecule has 0 saturated carbocycles. The van der Waals surface area contributed by atoms with Crippen LogP contribution < -0.4 is 4.90 Å². The summed E-state index contributed by atoms with van der Waals surface area (Å²) in [7, 11) is 0. The zero-order valence-electron chi connectivity index (χ0n) is 16.8. The van der Waals surface area contributed by atoms with Crippen LogP contribution in [0, 0.1) is 27.2 Å². The fourth-order valence-electron chi connectivity index (χ4n) is 3.53. The van der Waals surface area contributed by atoms with Crippen molar-refractivity contribution in [2.75, 3.05) is 18.1 Å². The molecule has 10 nitrogen and oxygen atoms in total. The summed E-state index contributed by atoms with van der Waals surface area (Å²) in [6.07, 6.45) is 1.36. The maximum atomic E-state index is 13.5. The second-order valence-corrected chi connectivity index (χ2v) is 8.73. The summed E-state index contributed by atoms with van der Waals surface area (Å²) in [6, 6.07) is 6.45. The molecule has 3 aromatic rings. The van der Waals surface area contributed by atoms with Crippen LogP contribution in [0.25, 0.3) is 10.2 Å². The third-order valence-electron chi connectivity index (χ3n) is 5.19. The average Bonchev–Trinajstić information content (AvgIpc) is 3.43. The van der Waals surface area contributed by atoms with Gasteiger partial charge in [-0.1, -0.05) is 22.9 Å². The molecular formula is C20H17ClN4O6S. The molecule has 32 heavy (non-hydrogen) atoms. The Labute approximate surface area is 190 Å². The van der Waals surface area contributed by atoms with Gasteiger partial charge >= 0.3 is 0 Å². The van der Waals surface area contributed by atoms with E-state index in [2.05, 4.69) is 4.98 Å². The van der Waals surface area contributed by atoms with Gasteiger partial charge in [0.1, 0.15) is 0 Å². The zero-order chi connectivity index (χ0) is 23.0. The van der Waals surface area contributed by atoms with Crippen LogP contribution in [0.1, 0.15) is 28.8 Å². The Morgan fingerprint density at radius 2 is 1.94 bits per heavy atom. The average molecular weight is 477 g/mol. The van der Waals surface area contributed by atoms with Gasteiger partial charge in [-0.15, -0.1) is 0 Å². The highest BCUT2D eigenvalue weighted by atomic mass is 35.5. The van der Waals surface area contributed by atoms with Gasteiger partial charge < -0.3 is 4.74 Å². The minimum absolute atomic E-state index is 0.169. The number of aryl methyl sites for hydroxylation is 1. The van der Waals surface area contributed by atoms with Crippen LogP contribution in [0.15, 0.2) is 30.3 Å². The van der Waals surface area contributed by atoms with Crippen LogP contribution in [0.4, 0.5) is 16.5 Å². The Hall–Kier alpha value is -3.15. The van der Waals surface area contributed by atoms with Crippen molar-refractivity contribution in [1.29, 1.82) is 0 Å². The van der Waals surface area contributed by atoms with Crippen molar-refractivity contribution in [3.63, 3.8) is 0 Å². The normalized spacial score (nSPS) is 15.8. The highest BCUT2D eigenvalue weighted by Crippen LogP contribution is 2.35. The molecule has 12 heteroatoms. The Morgan fingerprint density at radius 3 is 2.53 bits per heavy atom. The monoisotopic (exact) mass is 476 g/mol. The van der Waals surface area contributed by atoms with Crippen LogP contribution in [-0.4, -0.2) is 40.0 Å². The van der Waals surface area contributed by atoms with Gasteiger partial charge in [-0.3, -0.25) is 29.9 Å². The number of aromatic nitrogens is 1. The maximum absolute atomic E-state index is 13.5. The molecule has 1 aromatic heterocycles. The highest BCUT2D eigenvalue weighted by Gasteiger charge is 2.29. The van der Waals surface area contributed by atoms with Crippen LogP contribution >= 0.6 is 22.9 Å². The van der Waals surface area contributed by atoms with Gasteiger partial charge in [-0.05, 0) is 37.5 Å². The molecule has 1 fully saturated rings. The number of nitrogens with zero attached hydrogens (tertiary/aromatic N) is 4. The van der Waals surface area contributed by atoms with Crippen LogP contribution in [-0.2, 0) is 4.74 Å². The van der Waals surface area contributed by atoms with Crippen molar-refractivity contribution >= 4 is 55.6 Å². The Morgan fingerprint density at radius 1 is 1.25 bits per heavy atom. The van der Waals surface area contributed by atoms with E-state index in [0.29, 0.717) is 22.3 Å². The number of fused-ring (bicyclic) bond motifs is 1. The van der Waals surface area contributed by atoms with E-state index in [1.807, 2.05) is 6.92 Å². The molecule has 0 N–H and O–H groups in total. The molecule has 1 aliphatic rings. The number of carbonyl (C=O) groups is 1. The van der Waals surface area contributed by atoms with Gasteiger partial charge in [0, 0.05) is 23.8 Å². The van der Waals surface area contributed by atoms with E-state index in [4.69, 9.17) is 16.3 Å². The highest BCUT2D eigenvalue weighted by molar-refractivity contribution is 7.22. The number of rotatable bonds is 6. The summed E-state index contributed by atoms with van der Waals surface area (Å²) < 4.78 is 6.49. The fourth-order valence-corrected chi connectivity index (χ4v) is 4.71. The predicted octanol–water partition coefficient (Wildman–Crippen LogP) is 4.90. The standard InChI is InChI=1S/C20H17ClN4O6S/c1-11-16(21)4-5-17-18(11)22-20(32-17)23(10-15-3-2-6-31-15)19(26)12-7-13(24(27)28)9-14(8-12)25(29)30/h4-5,7-9,15H,2-3,6,10H2,1H3. The number of nitro groups is 2. The van der Waals surface area contributed by atoms with Crippen LogP contribution in [0.5, 0.6) is 0 Å². The number of thiazole rings is 1. The van der Waals surface area contributed by atoms with Gasteiger partial charge in [0.15, 0.2) is 5.13 Å². The maximum Gasteiger partial charge on any atom is 0.277 e. The first-order chi connectivity index (χ1) is 15.2. The molecular weight excluding hydrogens is 460 g/mol. The second kappa shape index (κ2) is 8.77. The SMILES string of the molecule is Cc1c(Cl)ccc2sc(N(CC3CCCO3)C(=O)c3cc([N+](=O)[O-])cc([N+](=O)[O-])c3)nc12. The summed E-state index contributed by atoms with van der Waals surface area (Å²) in [5.74, 6) is -0.630. The van der Waals surface area contributed by atoms with E-state index in [1.54, 1.807) is 12.1 Å². The van der Waals surface area contributed by atoms with Gasteiger partial charge in [-0.2, -0.15) is 0 Å². The molecule has 0 spiro atoms. The van der Waals surface area contributed by atoms with Crippen molar-refractivity contribution in [3.8, 4) is 0 Å². The van der Waals surface area contributed by atoms with Crippen molar-refractivity contribution in [2.24, 2.45) is 0 Å². The molecule has 1 unspecified atom stereocenters. The van der Waals surface area contributed by atoms with E-state index in [9.17, 15) is 25.0 Å². The number of carbonyl (C=O) groups excluding carboxylic acids is 1. The summed E-state index contributed by atoms with van der Waals surface area (Å²) in [4.78, 5) is 40.5. The lowest BCUT2D eigenvalue weighted by atomic mass is 10.1. The molecule has 4 rings (SSSR count). The third-order valence-corrected chi connectivity index (χ3v) is 6.65. The van der Waals surface area contributed by atoms with E-state index in [-0.39, 0.29) is 18.2 Å². The third kappa shape index (κ3) is 4.27. The second-order valence-electron chi connectivity index (χ2n) is 7.32. The first-order valence-corrected chi connectivity index (χ1v) is 10.9. The van der Waals surface area contributed by atoms with Crippen LogP contribution in [0.3, 0.4) is 0 Å². The summed E-state index contributed by atoms with van der Waals surface area (Å²) >= 11 is 7.47.